The van der Waals surface area contributed by atoms with Gasteiger partial charge in [-0.15, -0.1) is 0 Å². The summed E-state index contributed by atoms with van der Waals surface area (Å²) in [6, 6.07) is 15.2. The summed E-state index contributed by atoms with van der Waals surface area (Å²) in [7, 11) is 1.58. The van der Waals surface area contributed by atoms with Gasteiger partial charge in [0.1, 0.15) is 0 Å². The maximum Gasteiger partial charge on any atom is 0.251 e. The van der Waals surface area contributed by atoms with Crippen molar-refractivity contribution in [2.45, 2.75) is 13.3 Å². The smallest absolute Gasteiger partial charge is 0.251 e. The molecule has 1 N–H and O–H groups in total. The third-order valence-corrected chi connectivity index (χ3v) is 4.13. The molecule has 0 atom stereocenters. The largest absolute Gasteiger partial charge is 0.493 e. The topological polar surface area (TPSA) is 65.4 Å². The molecule has 6 nitrogen and oxygen atoms in total. The summed E-state index contributed by atoms with van der Waals surface area (Å²) < 4.78 is 12.6. The van der Waals surface area contributed by atoms with Crippen LogP contribution in [0.3, 0.4) is 0 Å². The predicted molar refractivity (Wildman–Crippen MR) is 104 cm³/mol. The van der Waals surface area contributed by atoms with Gasteiger partial charge in [0.2, 0.25) is 0 Å². The normalized spacial score (nSPS) is 10.4. The van der Waals surface area contributed by atoms with Crippen LogP contribution >= 0.6 is 0 Å². The molecule has 0 unspecified atom stereocenters. The summed E-state index contributed by atoms with van der Waals surface area (Å²) in [5.74, 6) is 1.05. The Morgan fingerprint density at radius 2 is 1.96 bits per heavy atom. The lowest BCUT2D eigenvalue weighted by Gasteiger charge is -2.11. The lowest BCUT2D eigenvalue weighted by atomic mass is 10.1. The summed E-state index contributed by atoms with van der Waals surface area (Å²) >= 11 is 0. The number of nitrogens with zero attached hydrogens (tertiary/aromatic N) is 2. The molecule has 0 aliphatic rings. The van der Waals surface area contributed by atoms with Crippen LogP contribution in [0.5, 0.6) is 11.5 Å². The third kappa shape index (κ3) is 4.67. The van der Waals surface area contributed by atoms with Crippen molar-refractivity contribution < 1.29 is 14.3 Å². The van der Waals surface area contributed by atoms with Gasteiger partial charge in [-0.1, -0.05) is 12.1 Å². The fourth-order valence-corrected chi connectivity index (χ4v) is 2.75. The van der Waals surface area contributed by atoms with Crippen LogP contribution in [-0.2, 0) is 6.42 Å². The first-order valence-electron chi connectivity index (χ1n) is 8.89. The van der Waals surface area contributed by atoms with Crippen molar-refractivity contribution >= 4 is 5.91 Å². The first-order chi connectivity index (χ1) is 13.2. The van der Waals surface area contributed by atoms with E-state index in [9.17, 15) is 4.79 Å². The van der Waals surface area contributed by atoms with Crippen molar-refractivity contribution in [1.82, 2.24) is 15.1 Å². The van der Waals surface area contributed by atoms with Crippen molar-refractivity contribution in [1.29, 1.82) is 0 Å². The van der Waals surface area contributed by atoms with Crippen molar-refractivity contribution in [2.75, 3.05) is 20.3 Å². The summed E-state index contributed by atoms with van der Waals surface area (Å²) in [6.07, 6.45) is 4.40. The number of nitrogens with one attached hydrogen (secondary N) is 1. The Morgan fingerprint density at radius 3 is 2.63 bits per heavy atom. The van der Waals surface area contributed by atoms with Gasteiger partial charge < -0.3 is 14.8 Å². The number of benzene rings is 2. The van der Waals surface area contributed by atoms with E-state index in [1.807, 2.05) is 48.1 Å². The Balaban J connectivity index is 1.55. The first kappa shape index (κ1) is 18.5. The van der Waals surface area contributed by atoms with Crippen molar-refractivity contribution in [3.8, 4) is 17.2 Å². The number of hydrogen-bond donors (Lipinski definition) is 1. The van der Waals surface area contributed by atoms with Crippen LogP contribution in [0.4, 0.5) is 0 Å². The van der Waals surface area contributed by atoms with Crippen LogP contribution < -0.4 is 14.8 Å². The Bertz CT molecular complexity index is 874. The standard InChI is InChI=1S/C21H23N3O3/c1-3-27-20-15-17(7-10-19(20)26-2)21(25)22-13-11-16-5-8-18(9-6-16)24-14-4-12-23-24/h4-10,12,14-15H,3,11,13H2,1-2H3,(H,22,25). The Morgan fingerprint density at radius 1 is 1.15 bits per heavy atom. The van der Waals surface area contributed by atoms with Crippen LogP contribution in [0.25, 0.3) is 5.69 Å². The minimum atomic E-state index is -0.133. The molecular weight excluding hydrogens is 342 g/mol. The highest BCUT2D eigenvalue weighted by molar-refractivity contribution is 5.94. The number of rotatable bonds is 8. The monoisotopic (exact) mass is 365 g/mol. The van der Waals surface area contributed by atoms with Gasteiger partial charge in [-0.3, -0.25) is 4.79 Å². The average molecular weight is 365 g/mol. The van der Waals surface area contributed by atoms with E-state index in [0.29, 0.717) is 30.2 Å². The maximum atomic E-state index is 12.4. The zero-order valence-corrected chi connectivity index (χ0v) is 15.5. The molecule has 140 valence electrons. The highest BCUT2D eigenvalue weighted by atomic mass is 16.5. The number of methoxy groups -OCH3 is 1. The average Bonchev–Trinajstić information content (AvgIpc) is 3.23. The molecule has 1 amide bonds. The van der Waals surface area contributed by atoms with Gasteiger partial charge in [-0.25, -0.2) is 4.68 Å². The van der Waals surface area contributed by atoms with Gasteiger partial charge in [0, 0.05) is 24.5 Å². The van der Waals surface area contributed by atoms with Crippen molar-refractivity contribution in [2.24, 2.45) is 0 Å². The van der Waals surface area contributed by atoms with E-state index in [1.165, 1.54) is 0 Å². The van der Waals surface area contributed by atoms with Crippen LogP contribution in [0, 0.1) is 0 Å². The van der Waals surface area contributed by atoms with E-state index in [0.717, 1.165) is 17.7 Å². The van der Waals surface area contributed by atoms with E-state index in [4.69, 9.17) is 9.47 Å². The quantitative estimate of drug-likeness (QED) is 0.665. The lowest BCUT2D eigenvalue weighted by molar-refractivity contribution is 0.0953. The van der Waals surface area contributed by atoms with Gasteiger partial charge in [0.25, 0.3) is 5.91 Å². The van der Waals surface area contributed by atoms with E-state index >= 15 is 0 Å². The molecule has 0 fully saturated rings. The number of carbonyl (C=O) groups excluding carboxylic acids is 1. The van der Waals surface area contributed by atoms with E-state index in [2.05, 4.69) is 10.4 Å². The number of carbonyl (C=O) groups is 1. The predicted octanol–water partition coefficient (Wildman–Crippen LogP) is 3.25. The van der Waals surface area contributed by atoms with Gasteiger partial charge in [0.05, 0.1) is 19.4 Å². The third-order valence-electron chi connectivity index (χ3n) is 4.13. The highest BCUT2D eigenvalue weighted by Crippen LogP contribution is 2.28. The fraction of sp³-hybridized carbons (Fsp3) is 0.238. The molecule has 0 radical (unpaired) electrons. The van der Waals surface area contributed by atoms with E-state index < -0.39 is 0 Å². The Labute approximate surface area is 158 Å². The molecule has 27 heavy (non-hydrogen) atoms. The summed E-state index contributed by atoms with van der Waals surface area (Å²) in [5.41, 5.74) is 2.71. The van der Waals surface area contributed by atoms with Gasteiger partial charge in [-0.05, 0) is 55.3 Å². The second-order valence-corrected chi connectivity index (χ2v) is 5.92. The molecule has 3 aromatic rings. The van der Waals surface area contributed by atoms with Crippen molar-refractivity contribution in [3.05, 3.63) is 72.1 Å². The first-order valence-corrected chi connectivity index (χ1v) is 8.89. The molecule has 0 saturated heterocycles. The second kappa shape index (κ2) is 8.89. The Kier molecular flexibility index (Phi) is 6.10. The van der Waals surface area contributed by atoms with E-state index in [-0.39, 0.29) is 5.91 Å². The van der Waals surface area contributed by atoms with Crippen LogP contribution in [0.1, 0.15) is 22.8 Å². The minimum absolute atomic E-state index is 0.133. The molecule has 6 heteroatoms. The van der Waals surface area contributed by atoms with E-state index in [1.54, 1.807) is 31.5 Å². The highest BCUT2D eigenvalue weighted by Gasteiger charge is 2.10. The molecule has 1 aromatic heterocycles. The summed E-state index contributed by atoms with van der Waals surface area (Å²) in [4.78, 5) is 12.4. The zero-order valence-electron chi connectivity index (χ0n) is 15.5. The Hall–Kier alpha value is -3.28. The molecule has 3 rings (SSSR count). The molecule has 0 aliphatic heterocycles. The fourth-order valence-electron chi connectivity index (χ4n) is 2.75. The minimum Gasteiger partial charge on any atom is -0.493 e. The summed E-state index contributed by atoms with van der Waals surface area (Å²) in [5, 5.41) is 7.15. The number of hydrogen-bond acceptors (Lipinski definition) is 4. The van der Waals surface area contributed by atoms with Gasteiger partial charge >= 0.3 is 0 Å². The van der Waals surface area contributed by atoms with Crippen LogP contribution in [-0.4, -0.2) is 35.9 Å². The number of ether oxygens (including phenoxy) is 2. The lowest BCUT2D eigenvalue weighted by Crippen LogP contribution is -2.25. The maximum absolute atomic E-state index is 12.4. The van der Waals surface area contributed by atoms with Crippen molar-refractivity contribution in [3.63, 3.8) is 0 Å². The van der Waals surface area contributed by atoms with Crippen LogP contribution in [0.15, 0.2) is 60.9 Å². The second-order valence-electron chi connectivity index (χ2n) is 5.92. The number of aromatic nitrogens is 2. The molecule has 0 saturated carbocycles. The SMILES string of the molecule is CCOc1cc(C(=O)NCCc2ccc(-n3cccn3)cc2)ccc1OC. The zero-order chi connectivity index (χ0) is 19.1. The summed E-state index contributed by atoms with van der Waals surface area (Å²) in [6.45, 7) is 2.95. The van der Waals surface area contributed by atoms with Gasteiger partial charge in [-0.2, -0.15) is 5.10 Å². The molecule has 0 bridgehead atoms. The molecule has 2 aromatic carbocycles. The van der Waals surface area contributed by atoms with Crippen LogP contribution in [0.2, 0.25) is 0 Å². The molecule has 0 spiro atoms. The number of amides is 1. The molecular formula is C21H23N3O3. The molecule has 0 aliphatic carbocycles. The molecule has 1 heterocycles. The van der Waals surface area contributed by atoms with Gasteiger partial charge in [0.15, 0.2) is 11.5 Å².